The molecule has 0 N–H and O–H groups in total. The van der Waals surface area contributed by atoms with E-state index in [-0.39, 0.29) is 9.92 Å². The minimum atomic E-state index is -3.71. The van der Waals surface area contributed by atoms with Crippen molar-refractivity contribution < 1.29 is 12.8 Å². The lowest BCUT2D eigenvalue weighted by Gasteiger charge is -2.33. The Kier molecular flexibility index (Phi) is 5.85. The van der Waals surface area contributed by atoms with Gasteiger partial charge in [-0.1, -0.05) is 23.7 Å². The van der Waals surface area contributed by atoms with Crippen molar-refractivity contribution in [2.75, 3.05) is 31.1 Å². The largest absolute Gasteiger partial charge is 0.345 e. The summed E-state index contributed by atoms with van der Waals surface area (Å²) < 4.78 is 40.5. The SMILES string of the molecule is Cc1ccc(-c2csc(N3CCN(S(=O)(=O)c4ccc(F)c(Cl)c4)CC3)n2)cc1C. The molecular weight excluding hydrogens is 445 g/mol. The smallest absolute Gasteiger partial charge is 0.243 e. The Hall–Kier alpha value is -2.00. The quantitative estimate of drug-likeness (QED) is 0.559. The van der Waals surface area contributed by atoms with Crippen LogP contribution in [-0.4, -0.2) is 43.9 Å². The van der Waals surface area contributed by atoms with Crippen LogP contribution in [0.4, 0.5) is 9.52 Å². The third-order valence-corrected chi connectivity index (χ3v) is 8.42. The lowest BCUT2D eigenvalue weighted by molar-refractivity contribution is 0.384. The first-order valence-corrected chi connectivity index (χ1v) is 12.2. The van der Waals surface area contributed by atoms with Crippen molar-refractivity contribution in [3.63, 3.8) is 0 Å². The molecule has 0 saturated carbocycles. The van der Waals surface area contributed by atoms with Crippen LogP contribution in [0.5, 0.6) is 0 Å². The molecule has 0 amide bonds. The Morgan fingerprint density at radius 1 is 1.03 bits per heavy atom. The molecule has 0 radical (unpaired) electrons. The Labute approximate surface area is 184 Å². The fourth-order valence-corrected chi connectivity index (χ4v) is 5.93. The van der Waals surface area contributed by atoms with E-state index in [9.17, 15) is 12.8 Å². The van der Waals surface area contributed by atoms with Crippen LogP contribution in [0.15, 0.2) is 46.7 Å². The first-order valence-electron chi connectivity index (χ1n) is 9.49. The third-order valence-electron chi connectivity index (χ3n) is 5.33. The van der Waals surface area contributed by atoms with E-state index in [1.807, 2.05) is 5.38 Å². The van der Waals surface area contributed by atoms with Gasteiger partial charge in [0.15, 0.2) is 5.13 Å². The second-order valence-electron chi connectivity index (χ2n) is 7.28. The van der Waals surface area contributed by atoms with E-state index < -0.39 is 15.8 Å². The van der Waals surface area contributed by atoms with Crippen molar-refractivity contribution in [2.45, 2.75) is 18.7 Å². The number of aryl methyl sites for hydroxylation is 2. The summed E-state index contributed by atoms with van der Waals surface area (Å²) in [6.45, 7) is 5.90. The molecule has 1 aliphatic heterocycles. The van der Waals surface area contributed by atoms with Gasteiger partial charge in [-0.15, -0.1) is 11.3 Å². The van der Waals surface area contributed by atoms with Gasteiger partial charge in [-0.3, -0.25) is 0 Å². The number of rotatable bonds is 4. The highest BCUT2D eigenvalue weighted by atomic mass is 35.5. The van der Waals surface area contributed by atoms with Crippen molar-refractivity contribution in [2.24, 2.45) is 0 Å². The molecule has 1 aliphatic rings. The second kappa shape index (κ2) is 8.26. The lowest BCUT2D eigenvalue weighted by atomic mass is 10.1. The van der Waals surface area contributed by atoms with Gasteiger partial charge in [-0.2, -0.15) is 4.31 Å². The molecule has 0 aliphatic carbocycles. The molecule has 0 bridgehead atoms. The summed E-state index contributed by atoms with van der Waals surface area (Å²) in [6, 6.07) is 9.78. The number of aromatic nitrogens is 1. The molecule has 3 aromatic rings. The normalized spacial score (nSPS) is 15.5. The predicted octanol–water partition coefficient (Wildman–Crippen LogP) is 4.73. The van der Waals surface area contributed by atoms with E-state index in [1.54, 1.807) is 11.3 Å². The van der Waals surface area contributed by atoms with Crippen LogP contribution < -0.4 is 4.90 Å². The van der Waals surface area contributed by atoms with E-state index in [0.29, 0.717) is 26.2 Å². The van der Waals surface area contributed by atoms with Gasteiger partial charge in [0.05, 0.1) is 15.6 Å². The molecule has 0 unspecified atom stereocenters. The summed E-state index contributed by atoms with van der Waals surface area (Å²) in [7, 11) is -3.71. The molecule has 1 saturated heterocycles. The molecule has 0 atom stereocenters. The van der Waals surface area contributed by atoms with E-state index in [1.165, 1.54) is 21.5 Å². The summed E-state index contributed by atoms with van der Waals surface area (Å²) in [4.78, 5) is 6.86. The van der Waals surface area contributed by atoms with Crippen molar-refractivity contribution in [3.05, 3.63) is 63.7 Å². The van der Waals surface area contributed by atoms with Crippen LogP contribution in [-0.2, 0) is 10.0 Å². The number of halogens is 2. The van der Waals surface area contributed by atoms with Crippen LogP contribution in [0.25, 0.3) is 11.3 Å². The van der Waals surface area contributed by atoms with Gasteiger partial charge in [0.25, 0.3) is 0 Å². The summed E-state index contributed by atoms with van der Waals surface area (Å²) in [6.07, 6.45) is 0. The van der Waals surface area contributed by atoms with E-state index in [2.05, 4.69) is 36.9 Å². The second-order valence-corrected chi connectivity index (χ2v) is 10.5. The number of piperazine rings is 1. The highest BCUT2D eigenvalue weighted by Crippen LogP contribution is 2.30. The molecule has 30 heavy (non-hydrogen) atoms. The number of hydrogen-bond donors (Lipinski definition) is 0. The zero-order valence-corrected chi connectivity index (χ0v) is 19.0. The molecule has 9 heteroatoms. The highest BCUT2D eigenvalue weighted by molar-refractivity contribution is 7.89. The lowest BCUT2D eigenvalue weighted by Crippen LogP contribution is -2.48. The molecule has 2 heterocycles. The first-order chi connectivity index (χ1) is 14.3. The molecule has 2 aromatic carbocycles. The number of hydrogen-bond acceptors (Lipinski definition) is 5. The van der Waals surface area contributed by atoms with Crippen LogP contribution in [0, 0.1) is 19.7 Å². The van der Waals surface area contributed by atoms with Crippen molar-refractivity contribution in [3.8, 4) is 11.3 Å². The predicted molar refractivity (Wildman–Crippen MR) is 119 cm³/mol. The zero-order valence-electron chi connectivity index (χ0n) is 16.6. The maximum Gasteiger partial charge on any atom is 0.243 e. The van der Waals surface area contributed by atoms with Gasteiger partial charge in [0.2, 0.25) is 10.0 Å². The maximum atomic E-state index is 13.4. The minimum absolute atomic E-state index is 0.00799. The molecule has 5 nitrogen and oxygen atoms in total. The monoisotopic (exact) mass is 465 g/mol. The van der Waals surface area contributed by atoms with Gasteiger partial charge < -0.3 is 4.90 Å². The summed E-state index contributed by atoms with van der Waals surface area (Å²) in [5, 5.41) is 2.71. The number of benzene rings is 2. The fourth-order valence-electron chi connectivity index (χ4n) is 3.35. The summed E-state index contributed by atoms with van der Waals surface area (Å²) >= 11 is 7.32. The number of anilines is 1. The highest BCUT2D eigenvalue weighted by Gasteiger charge is 2.30. The van der Waals surface area contributed by atoms with E-state index in [4.69, 9.17) is 16.6 Å². The summed E-state index contributed by atoms with van der Waals surface area (Å²) in [5.41, 5.74) is 4.47. The van der Waals surface area contributed by atoms with Crippen LogP contribution in [0.2, 0.25) is 5.02 Å². The van der Waals surface area contributed by atoms with Crippen molar-refractivity contribution >= 4 is 38.1 Å². The van der Waals surface area contributed by atoms with Gasteiger partial charge in [0, 0.05) is 37.1 Å². The molecule has 4 rings (SSSR count). The Morgan fingerprint density at radius 2 is 1.77 bits per heavy atom. The van der Waals surface area contributed by atoms with E-state index >= 15 is 0 Å². The third kappa shape index (κ3) is 4.09. The number of sulfonamides is 1. The first kappa shape index (κ1) is 21.2. The summed E-state index contributed by atoms with van der Waals surface area (Å²) in [5.74, 6) is -0.635. The average molecular weight is 466 g/mol. The van der Waals surface area contributed by atoms with Gasteiger partial charge in [0.1, 0.15) is 5.82 Å². The number of thiazole rings is 1. The number of nitrogens with zero attached hydrogens (tertiary/aromatic N) is 3. The molecule has 1 fully saturated rings. The van der Waals surface area contributed by atoms with Crippen LogP contribution in [0.1, 0.15) is 11.1 Å². The van der Waals surface area contributed by atoms with Gasteiger partial charge in [-0.05, 0) is 49.2 Å². The van der Waals surface area contributed by atoms with Crippen LogP contribution in [0.3, 0.4) is 0 Å². The minimum Gasteiger partial charge on any atom is -0.345 e. The maximum absolute atomic E-state index is 13.4. The van der Waals surface area contributed by atoms with E-state index in [0.717, 1.165) is 28.5 Å². The Bertz CT molecular complexity index is 1190. The molecule has 1 aromatic heterocycles. The van der Waals surface area contributed by atoms with Crippen molar-refractivity contribution in [1.29, 1.82) is 0 Å². The average Bonchev–Trinajstić information content (AvgIpc) is 3.22. The Balaban J connectivity index is 1.46. The fraction of sp³-hybridized carbons (Fsp3) is 0.286. The van der Waals surface area contributed by atoms with Crippen LogP contribution >= 0.6 is 22.9 Å². The van der Waals surface area contributed by atoms with Gasteiger partial charge >= 0.3 is 0 Å². The topological polar surface area (TPSA) is 53.5 Å². The Morgan fingerprint density at radius 3 is 2.43 bits per heavy atom. The molecule has 158 valence electrons. The van der Waals surface area contributed by atoms with Crippen molar-refractivity contribution in [1.82, 2.24) is 9.29 Å². The molecular formula is C21H21ClFN3O2S2. The zero-order chi connectivity index (χ0) is 21.5. The molecule has 0 spiro atoms. The van der Waals surface area contributed by atoms with Gasteiger partial charge in [-0.25, -0.2) is 17.8 Å². The standard InChI is InChI=1S/C21H21ClFN3O2S2/c1-14-3-4-16(11-15(14)2)20-13-29-21(24-20)25-7-9-26(10-8-25)30(27,28)17-5-6-19(23)18(22)12-17/h3-6,11-13H,7-10H2,1-2H3.